The van der Waals surface area contributed by atoms with E-state index in [2.05, 4.69) is 17.6 Å². The minimum absolute atomic E-state index is 0.239. The fourth-order valence-corrected chi connectivity index (χ4v) is 4.27. The number of halogens is 1. The number of carbonyl (C=O) groups excluding carboxylic acids is 1. The van der Waals surface area contributed by atoms with Crippen LogP contribution >= 0.6 is 0 Å². The Morgan fingerprint density at radius 2 is 1.88 bits per heavy atom. The van der Waals surface area contributed by atoms with Crippen LogP contribution in [-0.2, 0) is 11.2 Å². The van der Waals surface area contributed by atoms with Crippen LogP contribution < -0.4 is 10.6 Å². The first-order chi connectivity index (χ1) is 15.5. The summed E-state index contributed by atoms with van der Waals surface area (Å²) in [5, 5.41) is 6.29. The zero-order valence-corrected chi connectivity index (χ0v) is 17.9. The van der Waals surface area contributed by atoms with Crippen LogP contribution in [0, 0.1) is 5.82 Å². The molecular weight excluding hydrogens is 403 g/mol. The third-order valence-corrected chi connectivity index (χ3v) is 5.86. The van der Waals surface area contributed by atoms with Crippen LogP contribution in [0.1, 0.15) is 31.0 Å². The molecular formula is C26H23FN4O. The number of benzene rings is 3. The molecule has 1 aliphatic rings. The van der Waals surface area contributed by atoms with Crippen molar-refractivity contribution in [2.75, 3.05) is 10.6 Å². The summed E-state index contributed by atoms with van der Waals surface area (Å²) in [6.07, 6.45) is 0.931. The van der Waals surface area contributed by atoms with E-state index in [-0.39, 0.29) is 11.7 Å². The van der Waals surface area contributed by atoms with E-state index in [9.17, 15) is 9.18 Å². The van der Waals surface area contributed by atoms with Crippen molar-refractivity contribution in [3.63, 3.8) is 0 Å². The zero-order chi connectivity index (χ0) is 22.2. The fraction of sp³-hybridized carbons (Fsp3) is 0.154. The Morgan fingerprint density at radius 1 is 1.09 bits per heavy atom. The predicted octanol–water partition coefficient (Wildman–Crippen LogP) is 5.67. The van der Waals surface area contributed by atoms with E-state index in [1.165, 1.54) is 17.7 Å². The maximum absolute atomic E-state index is 14.2. The van der Waals surface area contributed by atoms with Crippen molar-refractivity contribution in [3.05, 3.63) is 101 Å². The van der Waals surface area contributed by atoms with Crippen LogP contribution in [0.3, 0.4) is 0 Å². The first kappa shape index (κ1) is 20.0. The van der Waals surface area contributed by atoms with Gasteiger partial charge in [-0.15, -0.1) is 0 Å². The molecule has 160 valence electrons. The maximum Gasteiger partial charge on any atom is 0.255 e. The SMILES string of the molecule is CCc1ccc(NC(=O)C2=C(C)Nc3nc4ccccc4n3C2c2cccc(F)c2)cc1. The summed E-state index contributed by atoms with van der Waals surface area (Å²) < 4.78 is 16.2. The standard InChI is InChI=1S/C26H23FN4O/c1-3-17-11-13-20(14-12-17)29-25(32)23-16(2)28-26-30-21-9-4-5-10-22(21)31(26)24(23)18-7-6-8-19(27)15-18/h4-15,24H,3H2,1-2H3,(H,28,30)(H,29,32). The summed E-state index contributed by atoms with van der Waals surface area (Å²) in [6.45, 7) is 3.94. The number of anilines is 2. The molecule has 6 heteroatoms. The molecule has 32 heavy (non-hydrogen) atoms. The lowest BCUT2D eigenvalue weighted by atomic mass is 9.94. The van der Waals surface area contributed by atoms with Gasteiger partial charge in [-0.1, -0.05) is 43.3 Å². The molecule has 0 fully saturated rings. The van der Waals surface area contributed by atoms with Gasteiger partial charge in [0.25, 0.3) is 5.91 Å². The van der Waals surface area contributed by atoms with Gasteiger partial charge in [0.05, 0.1) is 22.6 Å². The Morgan fingerprint density at radius 3 is 2.62 bits per heavy atom. The molecule has 4 aromatic rings. The maximum atomic E-state index is 14.2. The molecule has 0 spiro atoms. The van der Waals surface area contributed by atoms with E-state index < -0.39 is 6.04 Å². The van der Waals surface area contributed by atoms with Crippen LogP contribution in [0.4, 0.5) is 16.0 Å². The Kier molecular flexibility index (Phi) is 4.98. The highest BCUT2D eigenvalue weighted by atomic mass is 19.1. The smallest absolute Gasteiger partial charge is 0.255 e. The van der Waals surface area contributed by atoms with E-state index in [1.807, 2.05) is 66.1 Å². The number of carbonyl (C=O) groups is 1. The van der Waals surface area contributed by atoms with Crippen molar-refractivity contribution >= 4 is 28.6 Å². The number of aromatic nitrogens is 2. The zero-order valence-electron chi connectivity index (χ0n) is 17.9. The molecule has 0 radical (unpaired) electrons. The van der Waals surface area contributed by atoms with E-state index >= 15 is 0 Å². The average Bonchev–Trinajstić information content (AvgIpc) is 3.16. The number of para-hydroxylation sites is 2. The summed E-state index contributed by atoms with van der Waals surface area (Å²) in [4.78, 5) is 18.2. The molecule has 1 aromatic heterocycles. The molecule has 1 aliphatic heterocycles. The fourth-order valence-electron chi connectivity index (χ4n) is 4.27. The largest absolute Gasteiger partial charge is 0.329 e. The van der Waals surface area contributed by atoms with Crippen molar-refractivity contribution < 1.29 is 9.18 Å². The van der Waals surface area contributed by atoms with Gasteiger partial charge in [0.15, 0.2) is 0 Å². The van der Waals surface area contributed by atoms with Gasteiger partial charge in [0, 0.05) is 11.4 Å². The Hall–Kier alpha value is -3.93. The van der Waals surface area contributed by atoms with Gasteiger partial charge in [-0.25, -0.2) is 9.37 Å². The van der Waals surface area contributed by atoms with Gasteiger partial charge in [-0.3, -0.25) is 9.36 Å². The second-order valence-corrected chi connectivity index (χ2v) is 7.92. The third-order valence-electron chi connectivity index (χ3n) is 5.86. The molecule has 0 bridgehead atoms. The van der Waals surface area contributed by atoms with E-state index in [0.29, 0.717) is 28.5 Å². The monoisotopic (exact) mass is 426 g/mol. The number of nitrogens with zero attached hydrogens (tertiary/aromatic N) is 2. The minimum Gasteiger partial charge on any atom is -0.329 e. The molecule has 0 aliphatic carbocycles. The topological polar surface area (TPSA) is 59.0 Å². The van der Waals surface area contributed by atoms with Gasteiger partial charge in [0.2, 0.25) is 5.95 Å². The minimum atomic E-state index is -0.524. The highest BCUT2D eigenvalue weighted by molar-refractivity contribution is 6.06. The number of imidazole rings is 1. The number of fused-ring (bicyclic) bond motifs is 3. The lowest BCUT2D eigenvalue weighted by molar-refractivity contribution is -0.113. The molecule has 5 rings (SSSR count). The highest BCUT2D eigenvalue weighted by Crippen LogP contribution is 2.39. The van der Waals surface area contributed by atoms with E-state index in [4.69, 9.17) is 4.98 Å². The number of hydrogen-bond donors (Lipinski definition) is 2. The van der Waals surface area contributed by atoms with Crippen LogP contribution in [0.15, 0.2) is 84.1 Å². The predicted molar refractivity (Wildman–Crippen MR) is 125 cm³/mol. The lowest BCUT2D eigenvalue weighted by Gasteiger charge is -2.30. The number of hydrogen-bond acceptors (Lipinski definition) is 3. The van der Waals surface area contributed by atoms with Crippen molar-refractivity contribution in [2.45, 2.75) is 26.3 Å². The van der Waals surface area contributed by atoms with Gasteiger partial charge < -0.3 is 10.6 Å². The van der Waals surface area contributed by atoms with E-state index in [0.717, 1.165) is 17.5 Å². The molecule has 1 atom stereocenters. The highest BCUT2D eigenvalue weighted by Gasteiger charge is 2.34. The van der Waals surface area contributed by atoms with Crippen LogP contribution in [0.25, 0.3) is 11.0 Å². The molecule has 3 aromatic carbocycles. The van der Waals surface area contributed by atoms with Crippen molar-refractivity contribution in [1.29, 1.82) is 0 Å². The first-order valence-electron chi connectivity index (χ1n) is 10.7. The van der Waals surface area contributed by atoms with Crippen molar-refractivity contribution in [2.24, 2.45) is 0 Å². The summed E-state index contributed by atoms with van der Waals surface area (Å²) in [7, 11) is 0. The number of aryl methyl sites for hydroxylation is 1. The Bertz CT molecular complexity index is 1350. The summed E-state index contributed by atoms with van der Waals surface area (Å²) in [5.41, 5.74) is 5.48. The van der Waals surface area contributed by atoms with Crippen LogP contribution in [0.5, 0.6) is 0 Å². The number of allylic oxidation sites excluding steroid dienone is 1. The second kappa shape index (κ2) is 7.96. The lowest BCUT2D eigenvalue weighted by Crippen LogP contribution is -2.31. The average molecular weight is 426 g/mol. The van der Waals surface area contributed by atoms with Gasteiger partial charge in [-0.2, -0.15) is 0 Å². The molecule has 2 heterocycles. The Balaban J connectivity index is 1.63. The second-order valence-electron chi connectivity index (χ2n) is 7.92. The summed E-state index contributed by atoms with van der Waals surface area (Å²) >= 11 is 0. The molecule has 5 nitrogen and oxygen atoms in total. The molecule has 0 saturated heterocycles. The van der Waals surface area contributed by atoms with E-state index in [1.54, 1.807) is 6.07 Å². The van der Waals surface area contributed by atoms with Crippen LogP contribution in [0.2, 0.25) is 0 Å². The number of rotatable bonds is 4. The molecule has 1 amide bonds. The quantitative estimate of drug-likeness (QED) is 0.442. The Labute approximate surface area is 185 Å². The normalized spacial score (nSPS) is 15.4. The third kappa shape index (κ3) is 3.43. The first-order valence-corrected chi connectivity index (χ1v) is 10.7. The van der Waals surface area contributed by atoms with Gasteiger partial charge >= 0.3 is 0 Å². The summed E-state index contributed by atoms with van der Waals surface area (Å²) in [5.74, 6) is 0.0401. The number of amides is 1. The van der Waals surface area contributed by atoms with Gasteiger partial charge in [-0.05, 0) is 60.9 Å². The molecule has 2 N–H and O–H groups in total. The molecule has 0 saturated carbocycles. The van der Waals surface area contributed by atoms with Gasteiger partial charge in [0.1, 0.15) is 5.82 Å². The van der Waals surface area contributed by atoms with Crippen molar-refractivity contribution in [1.82, 2.24) is 9.55 Å². The number of nitrogens with one attached hydrogen (secondary N) is 2. The summed E-state index contributed by atoms with van der Waals surface area (Å²) in [6, 6.07) is 21.4. The van der Waals surface area contributed by atoms with Crippen molar-refractivity contribution in [3.8, 4) is 0 Å². The van der Waals surface area contributed by atoms with Crippen LogP contribution in [-0.4, -0.2) is 15.5 Å². The molecule has 1 unspecified atom stereocenters.